The summed E-state index contributed by atoms with van der Waals surface area (Å²) in [5.41, 5.74) is 1.43. The summed E-state index contributed by atoms with van der Waals surface area (Å²) < 4.78 is 39.3. The van der Waals surface area contributed by atoms with Gasteiger partial charge in [-0.2, -0.15) is 8.42 Å². The van der Waals surface area contributed by atoms with Gasteiger partial charge in [0.2, 0.25) is 0 Å². The summed E-state index contributed by atoms with van der Waals surface area (Å²) in [6, 6.07) is 20.1. The Bertz CT molecular complexity index is 1270. The van der Waals surface area contributed by atoms with Crippen LogP contribution >= 0.6 is 0 Å². The Hall–Kier alpha value is -3.65. The van der Waals surface area contributed by atoms with Gasteiger partial charge in [0.15, 0.2) is 5.84 Å². The Balaban J connectivity index is 1.44. The predicted molar refractivity (Wildman–Crippen MR) is 122 cm³/mol. The van der Waals surface area contributed by atoms with Gasteiger partial charge in [0.05, 0.1) is 12.2 Å². The van der Waals surface area contributed by atoms with E-state index in [1.165, 1.54) is 6.07 Å². The SMILES string of the molecule is CCCCOc1ccc(C(=O)Oc2cccc(NC3=NS(=O)(=O)c4ccccc43)c2)cc1. The van der Waals surface area contributed by atoms with E-state index < -0.39 is 16.0 Å². The molecule has 0 unspecified atom stereocenters. The Morgan fingerprint density at radius 1 is 0.969 bits per heavy atom. The normalized spacial score (nSPS) is 13.7. The number of hydrogen-bond donors (Lipinski definition) is 1. The third kappa shape index (κ3) is 4.81. The van der Waals surface area contributed by atoms with Crippen molar-refractivity contribution in [1.82, 2.24) is 0 Å². The van der Waals surface area contributed by atoms with Crippen LogP contribution < -0.4 is 14.8 Å². The van der Waals surface area contributed by atoms with Crippen molar-refractivity contribution in [1.29, 1.82) is 0 Å². The predicted octanol–water partition coefficient (Wildman–Crippen LogP) is 4.65. The number of carbonyl (C=O) groups excluding carboxylic acids is 1. The molecule has 0 fully saturated rings. The van der Waals surface area contributed by atoms with Gasteiger partial charge in [-0.05, 0) is 55.0 Å². The number of nitrogens with zero attached hydrogens (tertiary/aromatic N) is 1. The molecule has 7 nitrogen and oxygen atoms in total. The van der Waals surface area contributed by atoms with Crippen LogP contribution in [-0.4, -0.2) is 26.8 Å². The molecule has 1 heterocycles. The van der Waals surface area contributed by atoms with Crippen LogP contribution in [0, 0.1) is 0 Å². The average molecular weight is 451 g/mol. The zero-order chi connectivity index (χ0) is 22.6. The number of unbranched alkanes of at least 4 members (excludes halogenated alkanes) is 1. The molecule has 1 aliphatic heterocycles. The number of nitrogens with one attached hydrogen (secondary N) is 1. The number of rotatable bonds is 7. The topological polar surface area (TPSA) is 94.1 Å². The Morgan fingerprint density at radius 2 is 1.75 bits per heavy atom. The molecule has 0 bridgehead atoms. The lowest BCUT2D eigenvalue weighted by atomic mass is 10.2. The summed E-state index contributed by atoms with van der Waals surface area (Å²) in [5, 5.41) is 3.00. The van der Waals surface area contributed by atoms with Crippen LogP contribution in [0.1, 0.15) is 35.7 Å². The molecule has 0 atom stereocenters. The molecular formula is C24H22N2O5S. The molecule has 1 aliphatic rings. The number of hydrogen-bond acceptors (Lipinski definition) is 6. The zero-order valence-corrected chi connectivity index (χ0v) is 18.3. The number of esters is 1. The van der Waals surface area contributed by atoms with Gasteiger partial charge < -0.3 is 14.8 Å². The largest absolute Gasteiger partial charge is 0.494 e. The number of ether oxygens (including phenoxy) is 2. The molecule has 0 saturated carbocycles. The minimum atomic E-state index is -3.72. The van der Waals surface area contributed by atoms with Gasteiger partial charge in [-0.15, -0.1) is 4.40 Å². The molecule has 3 aromatic rings. The average Bonchev–Trinajstić information content (AvgIpc) is 3.04. The van der Waals surface area contributed by atoms with Crippen molar-refractivity contribution in [2.24, 2.45) is 4.40 Å². The van der Waals surface area contributed by atoms with E-state index in [1.807, 2.05) is 0 Å². The van der Waals surface area contributed by atoms with E-state index in [0.717, 1.165) is 12.8 Å². The maximum atomic E-state index is 12.5. The van der Waals surface area contributed by atoms with E-state index in [9.17, 15) is 13.2 Å². The van der Waals surface area contributed by atoms with Gasteiger partial charge in [-0.3, -0.25) is 0 Å². The van der Waals surface area contributed by atoms with Crippen LogP contribution in [0.4, 0.5) is 5.69 Å². The van der Waals surface area contributed by atoms with Crippen LogP contribution in [0.5, 0.6) is 11.5 Å². The summed E-state index contributed by atoms with van der Waals surface area (Å²) in [5.74, 6) is 0.739. The van der Waals surface area contributed by atoms with E-state index in [-0.39, 0.29) is 10.7 Å². The molecule has 0 spiro atoms. The molecule has 32 heavy (non-hydrogen) atoms. The first-order valence-electron chi connectivity index (χ1n) is 10.2. The van der Waals surface area contributed by atoms with Gasteiger partial charge in [0.1, 0.15) is 16.4 Å². The highest BCUT2D eigenvalue weighted by atomic mass is 32.2. The van der Waals surface area contributed by atoms with Gasteiger partial charge in [0, 0.05) is 17.3 Å². The lowest BCUT2D eigenvalue weighted by molar-refractivity contribution is 0.0735. The summed E-state index contributed by atoms with van der Waals surface area (Å²) >= 11 is 0. The van der Waals surface area contributed by atoms with Gasteiger partial charge in [-0.1, -0.05) is 31.5 Å². The zero-order valence-electron chi connectivity index (χ0n) is 17.4. The molecular weight excluding hydrogens is 428 g/mol. The highest BCUT2D eigenvalue weighted by molar-refractivity contribution is 7.90. The fourth-order valence-corrected chi connectivity index (χ4v) is 4.33. The standard InChI is InChI=1S/C24H22N2O5S/c1-2-3-15-30-19-13-11-17(12-14-19)24(27)31-20-8-6-7-18(16-20)25-23-21-9-4-5-10-22(21)32(28,29)26-23/h4-14,16H,2-3,15H2,1H3,(H,25,26). The number of fused-ring (bicyclic) bond motifs is 1. The first-order chi connectivity index (χ1) is 15.5. The Morgan fingerprint density at radius 3 is 2.53 bits per heavy atom. The second kappa shape index (κ2) is 9.23. The van der Waals surface area contributed by atoms with E-state index in [2.05, 4.69) is 16.6 Å². The van der Waals surface area contributed by atoms with Crippen LogP contribution in [0.2, 0.25) is 0 Å². The van der Waals surface area contributed by atoms with E-state index in [1.54, 1.807) is 66.7 Å². The molecule has 0 amide bonds. The first-order valence-corrected chi connectivity index (χ1v) is 11.7. The molecule has 8 heteroatoms. The minimum Gasteiger partial charge on any atom is -0.494 e. The highest BCUT2D eigenvalue weighted by Crippen LogP contribution is 2.27. The molecule has 3 aromatic carbocycles. The molecule has 1 N–H and O–H groups in total. The number of anilines is 1. The van der Waals surface area contributed by atoms with Crippen molar-refractivity contribution in [3.05, 3.63) is 83.9 Å². The quantitative estimate of drug-likeness (QED) is 0.320. The van der Waals surface area contributed by atoms with Gasteiger partial charge in [0.25, 0.3) is 10.0 Å². The fourth-order valence-electron chi connectivity index (χ4n) is 3.16. The van der Waals surface area contributed by atoms with Crippen molar-refractivity contribution in [3.8, 4) is 11.5 Å². The number of amidine groups is 1. The number of carbonyl (C=O) groups is 1. The third-order valence-electron chi connectivity index (χ3n) is 4.80. The van der Waals surface area contributed by atoms with Crippen LogP contribution in [-0.2, 0) is 10.0 Å². The van der Waals surface area contributed by atoms with E-state index in [0.29, 0.717) is 34.9 Å². The number of benzene rings is 3. The summed E-state index contributed by atoms with van der Waals surface area (Å²) in [7, 11) is -3.72. The molecule has 0 aliphatic carbocycles. The summed E-state index contributed by atoms with van der Waals surface area (Å²) in [6.07, 6.45) is 2.02. The summed E-state index contributed by atoms with van der Waals surface area (Å²) in [4.78, 5) is 12.7. The molecule has 164 valence electrons. The van der Waals surface area contributed by atoms with Crippen molar-refractivity contribution in [2.45, 2.75) is 24.7 Å². The smallest absolute Gasteiger partial charge is 0.343 e. The maximum absolute atomic E-state index is 12.5. The van der Waals surface area contributed by atoms with Gasteiger partial charge >= 0.3 is 5.97 Å². The van der Waals surface area contributed by atoms with Crippen LogP contribution in [0.3, 0.4) is 0 Å². The lowest BCUT2D eigenvalue weighted by Gasteiger charge is -2.10. The lowest BCUT2D eigenvalue weighted by Crippen LogP contribution is -2.12. The molecule has 4 rings (SSSR count). The Labute approximate surface area is 186 Å². The number of sulfonamides is 1. The van der Waals surface area contributed by atoms with Crippen molar-refractivity contribution in [3.63, 3.8) is 0 Å². The van der Waals surface area contributed by atoms with Crippen molar-refractivity contribution < 1.29 is 22.7 Å². The van der Waals surface area contributed by atoms with E-state index >= 15 is 0 Å². The fraction of sp³-hybridized carbons (Fsp3) is 0.167. The van der Waals surface area contributed by atoms with Crippen LogP contribution in [0.15, 0.2) is 82.1 Å². The second-order valence-corrected chi connectivity index (χ2v) is 8.75. The van der Waals surface area contributed by atoms with Crippen molar-refractivity contribution in [2.75, 3.05) is 11.9 Å². The van der Waals surface area contributed by atoms with Crippen molar-refractivity contribution >= 4 is 27.5 Å². The Kier molecular flexibility index (Phi) is 6.23. The third-order valence-corrected chi connectivity index (χ3v) is 6.13. The van der Waals surface area contributed by atoms with Gasteiger partial charge in [-0.25, -0.2) is 4.79 Å². The maximum Gasteiger partial charge on any atom is 0.343 e. The van der Waals surface area contributed by atoms with Crippen LogP contribution in [0.25, 0.3) is 0 Å². The molecule has 0 saturated heterocycles. The first kappa shape index (κ1) is 21.6. The minimum absolute atomic E-state index is 0.159. The monoisotopic (exact) mass is 450 g/mol. The van der Waals surface area contributed by atoms with E-state index in [4.69, 9.17) is 9.47 Å². The molecule has 0 aromatic heterocycles. The second-order valence-electron chi connectivity index (χ2n) is 7.18. The highest BCUT2D eigenvalue weighted by Gasteiger charge is 2.28. The summed E-state index contributed by atoms with van der Waals surface area (Å²) in [6.45, 7) is 2.73. The molecule has 0 radical (unpaired) electrons.